The zero-order chi connectivity index (χ0) is 14.8. The highest BCUT2D eigenvalue weighted by molar-refractivity contribution is 5.56. The van der Waals surface area contributed by atoms with Gasteiger partial charge in [0.1, 0.15) is 5.82 Å². The molecule has 0 bridgehead atoms. The molecule has 2 aliphatic rings. The first-order valence-corrected chi connectivity index (χ1v) is 8.12. The van der Waals surface area contributed by atoms with Gasteiger partial charge < -0.3 is 10.0 Å². The smallest absolute Gasteiger partial charge is 0.146 e. The molecule has 0 aromatic heterocycles. The molecule has 1 aliphatic carbocycles. The molecule has 1 aromatic carbocycles. The number of benzene rings is 1. The minimum absolute atomic E-state index is 0.220. The van der Waals surface area contributed by atoms with Gasteiger partial charge in [-0.3, -0.25) is 4.90 Å². The van der Waals surface area contributed by atoms with Crippen molar-refractivity contribution in [1.82, 2.24) is 4.90 Å². The molecule has 0 spiro atoms. The Morgan fingerprint density at radius 3 is 2.43 bits per heavy atom. The van der Waals surface area contributed by atoms with E-state index < -0.39 is 6.10 Å². The third-order valence-electron chi connectivity index (χ3n) is 4.94. The summed E-state index contributed by atoms with van der Waals surface area (Å²) in [5, 5.41) is 9.88. The molecule has 0 radical (unpaired) electrons. The van der Waals surface area contributed by atoms with Gasteiger partial charge in [-0.1, -0.05) is 25.0 Å². The van der Waals surface area contributed by atoms with Gasteiger partial charge in [-0.25, -0.2) is 4.39 Å². The number of piperazine rings is 1. The molecule has 1 N–H and O–H groups in total. The summed E-state index contributed by atoms with van der Waals surface area (Å²) < 4.78 is 14.2. The Kier molecular flexibility index (Phi) is 4.45. The molecule has 1 saturated carbocycles. The highest BCUT2D eigenvalue weighted by Gasteiger charge is 2.28. The van der Waals surface area contributed by atoms with Gasteiger partial charge in [0, 0.05) is 37.8 Å². The summed E-state index contributed by atoms with van der Waals surface area (Å²) in [5.41, 5.74) is 1.29. The molecule has 0 amide bonds. The van der Waals surface area contributed by atoms with Gasteiger partial charge in [0.2, 0.25) is 0 Å². The van der Waals surface area contributed by atoms with E-state index >= 15 is 0 Å². The first-order chi connectivity index (χ1) is 10.2. The van der Waals surface area contributed by atoms with Gasteiger partial charge in [-0.2, -0.15) is 0 Å². The lowest BCUT2D eigenvalue weighted by molar-refractivity contribution is 0.184. The predicted molar refractivity (Wildman–Crippen MR) is 83.1 cm³/mol. The summed E-state index contributed by atoms with van der Waals surface area (Å²) in [6.45, 7) is 5.39. The zero-order valence-corrected chi connectivity index (χ0v) is 12.8. The third-order valence-corrected chi connectivity index (χ3v) is 4.94. The second-order valence-corrected chi connectivity index (χ2v) is 6.31. The fourth-order valence-corrected chi connectivity index (χ4v) is 3.78. The molecule has 3 nitrogen and oxygen atoms in total. The molecule has 1 atom stereocenters. The Bertz CT molecular complexity index is 478. The van der Waals surface area contributed by atoms with Gasteiger partial charge in [-0.05, 0) is 25.8 Å². The van der Waals surface area contributed by atoms with Crippen LogP contribution in [-0.4, -0.2) is 42.2 Å². The summed E-state index contributed by atoms with van der Waals surface area (Å²) in [7, 11) is 0. The van der Waals surface area contributed by atoms with Crippen LogP contribution in [0.15, 0.2) is 18.2 Å². The Morgan fingerprint density at radius 2 is 1.81 bits per heavy atom. The second kappa shape index (κ2) is 6.32. The van der Waals surface area contributed by atoms with Crippen molar-refractivity contribution >= 4 is 5.69 Å². The van der Waals surface area contributed by atoms with Crippen LogP contribution in [0.1, 0.15) is 44.3 Å². The van der Waals surface area contributed by atoms with Gasteiger partial charge in [0.05, 0.1) is 11.8 Å². The summed E-state index contributed by atoms with van der Waals surface area (Å²) in [6, 6.07) is 5.73. The average Bonchev–Trinajstić information content (AvgIpc) is 3.01. The molecule has 116 valence electrons. The van der Waals surface area contributed by atoms with Crippen LogP contribution >= 0.6 is 0 Å². The number of para-hydroxylation sites is 1. The van der Waals surface area contributed by atoms with Crippen molar-refractivity contribution in [1.29, 1.82) is 0 Å². The van der Waals surface area contributed by atoms with Crippen LogP contribution in [0.25, 0.3) is 0 Å². The first kappa shape index (κ1) is 14.8. The number of anilines is 1. The summed E-state index contributed by atoms with van der Waals surface area (Å²) in [6.07, 6.45) is 4.70. The number of aliphatic hydroxyl groups excluding tert-OH is 1. The van der Waals surface area contributed by atoms with Crippen molar-refractivity contribution in [3.8, 4) is 0 Å². The van der Waals surface area contributed by atoms with Crippen molar-refractivity contribution in [2.24, 2.45) is 0 Å². The van der Waals surface area contributed by atoms with Gasteiger partial charge in [-0.15, -0.1) is 0 Å². The van der Waals surface area contributed by atoms with Crippen LogP contribution in [0.5, 0.6) is 0 Å². The minimum Gasteiger partial charge on any atom is -0.389 e. The first-order valence-electron chi connectivity index (χ1n) is 8.12. The summed E-state index contributed by atoms with van der Waals surface area (Å²) >= 11 is 0. The summed E-state index contributed by atoms with van der Waals surface area (Å²) in [5.74, 6) is -0.220. The van der Waals surface area contributed by atoms with Crippen molar-refractivity contribution in [3.05, 3.63) is 29.6 Å². The standard InChI is InChI=1S/C17H25FN2O/c1-13(21)15-7-4-8-16(18)17(15)20-11-9-19(10-12-20)14-5-2-3-6-14/h4,7-8,13-14,21H,2-3,5-6,9-12H2,1H3/t13-/m1/s1. The molecule has 4 heteroatoms. The van der Waals surface area contributed by atoms with Crippen molar-refractivity contribution in [2.75, 3.05) is 31.1 Å². The highest BCUT2D eigenvalue weighted by Crippen LogP contribution is 2.31. The maximum Gasteiger partial charge on any atom is 0.146 e. The van der Waals surface area contributed by atoms with Crippen molar-refractivity contribution < 1.29 is 9.50 Å². The average molecular weight is 292 g/mol. The number of hydrogen-bond acceptors (Lipinski definition) is 3. The van der Waals surface area contributed by atoms with Crippen LogP contribution in [0, 0.1) is 5.82 Å². The van der Waals surface area contributed by atoms with E-state index in [1.807, 2.05) is 6.07 Å². The van der Waals surface area contributed by atoms with E-state index in [1.54, 1.807) is 13.0 Å². The maximum absolute atomic E-state index is 14.2. The van der Waals surface area contributed by atoms with Crippen molar-refractivity contribution in [2.45, 2.75) is 44.8 Å². The molecule has 1 aliphatic heterocycles. The van der Waals surface area contributed by atoms with Crippen molar-refractivity contribution in [3.63, 3.8) is 0 Å². The van der Waals surface area contributed by atoms with E-state index in [2.05, 4.69) is 9.80 Å². The molecule has 1 heterocycles. The minimum atomic E-state index is -0.636. The number of rotatable bonds is 3. The molecular weight excluding hydrogens is 267 g/mol. The Balaban J connectivity index is 1.72. The SMILES string of the molecule is C[C@@H](O)c1cccc(F)c1N1CCN(C2CCCC2)CC1. The van der Waals surface area contributed by atoms with E-state index in [-0.39, 0.29) is 5.82 Å². The van der Waals surface area contributed by atoms with E-state index in [1.165, 1.54) is 31.7 Å². The van der Waals surface area contributed by atoms with E-state index in [9.17, 15) is 9.50 Å². The van der Waals surface area contributed by atoms with Gasteiger partial charge in [0.25, 0.3) is 0 Å². The fraction of sp³-hybridized carbons (Fsp3) is 0.647. The molecule has 3 rings (SSSR count). The highest BCUT2D eigenvalue weighted by atomic mass is 19.1. The Hall–Kier alpha value is -1.13. The molecule has 2 fully saturated rings. The number of hydrogen-bond donors (Lipinski definition) is 1. The predicted octanol–water partition coefficient (Wildman–Crippen LogP) is 2.94. The molecule has 1 aromatic rings. The lowest BCUT2D eigenvalue weighted by atomic mass is 10.1. The molecule has 21 heavy (non-hydrogen) atoms. The number of nitrogens with zero attached hydrogens (tertiary/aromatic N) is 2. The molecule has 1 saturated heterocycles. The van der Waals surface area contributed by atoms with E-state index in [0.717, 1.165) is 32.2 Å². The van der Waals surface area contributed by atoms with Crippen LogP contribution in [0.3, 0.4) is 0 Å². The lowest BCUT2D eigenvalue weighted by Gasteiger charge is -2.40. The van der Waals surface area contributed by atoms with Crippen LogP contribution < -0.4 is 4.90 Å². The quantitative estimate of drug-likeness (QED) is 0.928. The largest absolute Gasteiger partial charge is 0.389 e. The van der Waals surface area contributed by atoms with Gasteiger partial charge >= 0.3 is 0 Å². The topological polar surface area (TPSA) is 26.7 Å². The normalized spacial score (nSPS) is 22.7. The molecular formula is C17H25FN2O. The lowest BCUT2D eigenvalue weighted by Crippen LogP contribution is -2.50. The Labute approximate surface area is 126 Å². The fourth-order valence-electron chi connectivity index (χ4n) is 3.78. The number of halogens is 1. The Morgan fingerprint density at radius 1 is 1.14 bits per heavy atom. The van der Waals surface area contributed by atoms with Gasteiger partial charge in [0.15, 0.2) is 0 Å². The third kappa shape index (κ3) is 3.06. The maximum atomic E-state index is 14.2. The molecule has 0 unspecified atom stereocenters. The van der Waals surface area contributed by atoms with E-state index in [4.69, 9.17) is 0 Å². The van der Waals surface area contributed by atoms with E-state index in [0.29, 0.717) is 11.3 Å². The zero-order valence-electron chi connectivity index (χ0n) is 12.8. The summed E-state index contributed by atoms with van der Waals surface area (Å²) in [4.78, 5) is 4.66. The second-order valence-electron chi connectivity index (χ2n) is 6.31. The van der Waals surface area contributed by atoms with Crippen LogP contribution in [0.2, 0.25) is 0 Å². The number of aliphatic hydroxyl groups is 1. The van der Waals surface area contributed by atoms with Crippen LogP contribution in [-0.2, 0) is 0 Å². The van der Waals surface area contributed by atoms with Crippen LogP contribution in [0.4, 0.5) is 10.1 Å². The monoisotopic (exact) mass is 292 g/mol.